The normalized spacial score (nSPS) is 12.2. The molecule has 0 N–H and O–H groups in total. The zero-order chi connectivity index (χ0) is 90.7. The van der Waals surface area contributed by atoms with Gasteiger partial charge < -0.3 is 45.1 Å². The summed E-state index contributed by atoms with van der Waals surface area (Å²) in [5.41, 5.74) is 28.3. The number of hydrogen-bond acceptors (Lipinski definition) is 8. The molecule has 0 fully saturated rings. The van der Waals surface area contributed by atoms with Crippen LogP contribution in [0.3, 0.4) is 0 Å². The van der Waals surface area contributed by atoms with E-state index in [9.17, 15) is 21.0 Å². The van der Waals surface area contributed by atoms with Gasteiger partial charge in [-0.1, -0.05) is 200 Å². The molecule has 14 heteroatoms. The van der Waals surface area contributed by atoms with Gasteiger partial charge in [-0.3, -0.25) is 0 Å². The standard InChI is InChI=1S/C124H64N10O4/c125-65-75-38-39-76(66-126)118(117(75)131-101-52-43-73(69-18-2-1-3-19-69)61-93(101)113-105(131)56-47-88-84-23-7-14-30-109(84)135-121(88)113)132-102-53-44-74(62-94(102)114-106(132)57-48-89-85-24-8-15-31-110(85)136-122(89)114)71-36-34-70(35-37-71)72-42-51-100-92(60-72)83-22-6-13-29-99(83)130(100)80-46-55-104-96(64-80)116-108(59-50-91-87-26-10-17-33-112(87)138-124(91)116)134(104)120-78(68-128)41-40-77(67-127)119(120)133-103-54-45-79(129-97-27-11-4-20-81(97)82-21-5-12-28-98(82)129)63-95(103)115-107(133)58-49-90-86-25-9-16-32-111(86)137-123(90)115/h1-64H. The molecule has 0 bridgehead atoms. The maximum Gasteiger partial charge on any atom is 0.145 e. The predicted molar refractivity (Wildman–Crippen MR) is 557 cm³/mol. The van der Waals surface area contributed by atoms with Crippen LogP contribution in [-0.2, 0) is 0 Å². The minimum absolute atomic E-state index is 0.367. The number of nitrogens with zero attached hydrogens (tertiary/aromatic N) is 10. The topological polar surface area (TPSA) is 177 Å². The van der Waals surface area contributed by atoms with Crippen LogP contribution >= 0.6 is 0 Å². The molecule has 0 unspecified atom stereocenters. The Hall–Kier alpha value is -19.6. The number of furan rings is 4. The van der Waals surface area contributed by atoms with E-state index in [1.807, 2.05) is 78.9 Å². The lowest BCUT2D eigenvalue weighted by atomic mass is 9.98. The first kappa shape index (κ1) is 75.1. The van der Waals surface area contributed by atoms with Crippen LogP contribution in [0.15, 0.2) is 406 Å². The second kappa shape index (κ2) is 28.0. The van der Waals surface area contributed by atoms with Crippen LogP contribution in [0.5, 0.6) is 0 Å². The van der Waals surface area contributed by atoms with Crippen molar-refractivity contribution in [3.63, 3.8) is 0 Å². The van der Waals surface area contributed by atoms with Gasteiger partial charge in [-0.25, -0.2) is 0 Å². The quantitative estimate of drug-likeness (QED) is 0.137. The number of rotatable bonds is 9. The van der Waals surface area contributed by atoms with Crippen LogP contribution in [0.4, 0.5) is 0 Å². The summed E-state index contributed by atoms with van der Waals surface area (Å²) in [7, 11) is 0. The summed E-state index contributed by atoms with van der Waals surface area (Å²) in [4.78, 5) is 0. The van der Waals surface area contributed by atoms with Crippen LogP contribution < -0.4 is 0 Å². The van der Waals surface area contributed by atoms with Gasteiger partial charge in [-0.2, -0.15) is 21.0 Å². The highest BCUT2D eigenvalue weighted by atomic mass is 16.3. The number of hydrogen-bond donors (Lipinski definition) is 0. The average molecular weight is 1760 g/mol. The van der Waals surface area contributed by atoms with Gasteiger partial charge in [0.25, 0.3) is 0 Å². The van der Waals surface area contributed by atoms with Gasteiger partial charge in [0.05, 0.1) is 133 Å². The van der Waals surface area contributed by atoms with Crippen molar-refractivity contribution in [2.75, 3.05) is 0 Å². The Balaban J connectivity index is 0.575. The largest absolute Gasteiger partial charge is 0.455 e. The lowest BCUT2D eigenvalue weighted by molar-refractivity contribution is 0.672. The molecule has 0 aliphatic carbocycles. The van der Waals surface area contributed by atoms with E-state index in [-0.39, 0.29) is 0 Å². The molecule has 0 atom stereocenters. The maximum atomic E-state index is 11.9. The Kier molecular flexibility index (Phi) is 15.2. The summed E-state index contributed by atoms with van der Waals surface area (Å²) in [6, 6.07) is 145. The third kappa shape index (κ3) is 10.2. The number of aromatic nitrogens is 6. The average Bonchev–Trinajstić information content (AvgIpc) is 1.54. The van der Waals surface area contributed by atoms with Crippen molar-refractivity contribution in [2.45, 2.75) is 0 Å². The molecule has 0 saturated heterocycles. The van der Waals surface area contributed by atoms with Gasteiger partial charge >= 0.3 is 0 Å². The third-order valence-electron chi connectivity index (χ3n) is 29.2. The summed E-state index contributed by atoms with van der Waals surface area (Å²) >= 11 is 0. The fourth-order valence-corrected chi connectivity index (χ4v) is 23.3. The molecule has 0 radical (unpaired) electrons. The van der Waals surface area contributed by atoms with Crippen molar-refractivity contribution < 1.29 is 17.7 Å². The van der Waals surface area contributed by atoms with Crippen LogP contribution in [0.25, 0.3) is 286 Å². The van der Waals surface area contributed by atoms with E-state index < -0.39 is 0 Å². The van der Waals surface area contributed by atoms with Crippen LogP contribution in [-0.4, -0.2) is 27.4 Å². The zero-order valence-corrected chi connectivity index (χ0v) is 73.1. The van der Waals surface area contributed by atoms with E-state index in [2.05, 4.69) is 337 Å². The van der Waals surface area contributed by atoms with Crippen molar-refractivity contribution in [1.82, 2.24) is 27.4 Å². The van der Waals surface area contributed by atoms with Gasteiger partial charge in [0.1, 0.15) is 68.9 Å². The van der Waals surface area contributed by atoms with Gasteiger partial charge in [-0.15, -0.1) is 0 Å². The van der Waals surface area contributed by atoms with E-state index in [0.29, 0.717) is 56.2 Å². The molecule has 30 rings (SSSR count). The summed E-state index contributed by atoms with van der Waals surface area (Å²) < 4.78 is 41.5. The zero-order valence-electron chi connectivity index (χ0n) is 73.1. The Morgan fingerprint density at radius 2 is 0.391 bits per heavy atom. The number of nitriles is 4. The Morgan fingerprint density at radius 3 is 0.710 bits per heavy atom. The minimum atomic E-state index is 0.367. The van der Waals surface area contributed by atoms with Gasteiger partial charge in [0.15, 0.2) is 0 Å². The molecule has 20 aromatic carbocycles. The minimum Gasteiger partial charge on any atom is -0.455 e. The maximum absolute atomic E-state index is 11.9. The first-order valence-electron chi connectivity index (χ1n) is 46.0. The molecular weight excluding hydrogens is 1690 g/mol. The second-order valence-electron chi connectivity index (χ2n) is 36.0. The number of para-hydroxylation sites is 7. The van der Waals surface area contributed by atoms with Crippen molar-refractivity contribution in [2.24, 2.45) is 0 Å². The lowest BCUT2D eigenvalue weighted by Gasteiger charge is -2.19. The molecule has 14 nitrogen and oxygen atoms in total. The summed E-state index contributed by atoms with van der Waals surface area (Å²) in [5, 5.41) is 66.4. The molecule has 0 aliphatic heterocycles. The fraction of sp³-hybridized carbons (Fsp3) is 0. The lowest BCUT2D eigenvalue weighted by Crippen LogP contribution is -2.08. The molecule has 10 aromatic heterocycles. The number of benzene rings is 20. The Bertz CT molecular complexity index is 10900. The van der Waals surface area contributed by atoms with E-state index >= 15 is 0 Å². The highest BCUT2D eigenvalue weighted by Crippen LogP contribution is 2.53. The predicted octanol–water partition coefficient (Wildman–Crippen LogP) is 32.4. The van der Waals surface area contributed by atoms with E-state index in [1.54, 1.807) is 24.3 Å². The highest BCUT2D eigenvalue weighted by Gasteiger charge is 2.33. The monoisotopic (exact) mass is 1760 g/mol. The van der Waals surface area contributed by atoms with Gasteiger partial charge in [-0.05, 0) is 221 Å². The summed E-state index contributed by atoms with van der Waals surface area (Å²) in [5.74, 6) is 0. The first-order valence-corrected chi connectivity index (χ1v) is 46.0. The third-order valence-corrected chi connectivity index (χ3v) is 29.2. The van der Waals surface area contributed by atoms with E-state index in [4.69, 9.17) is 17.7 Å². The van der Waals surface area contributed by atoms with E-state index in [0.717, 1.165) is 252 Å². The summed E-state index contributed by atoms with van der Waals surface area (Å²) in [6.07, 6.45) is 0. The van der Waals surface area contributed by atoms with Crippen LogP contribution in [0.2, 0.25) is 0 Å². The van der Waals surface area contributed by atoms with Gasteiger partial charge in [0.2, 0.25) is 0 Å². The Morgan fingerprint density at radius 1 is 0.159 bits per heavy atom. The first-order chi connectivity index (χ1) is 68.3. The van der Waals surface area contributed by atoms with Crippen molar-refractivity contribution in [3.05, 3.63) is 411 Å². The fourth-order valence-electron chi connectivity index (χ4n) is 23.3. The molecule has 0 amide bonds. The van der Waals surface area contributed by atoms with Crippen molar-refractivity contribution >= 4 is 219 Å². The highest BCUT2D eigenvalue weighted by molar-refractivity contribution is 6.30. The van der Waals surface area contributed by atoms with Crippen molar-refractivity contribution in [1.29, 1.82) is 21.0 Å². The van der Waals surface area contributed by atoms with Gasteiger partial charge in [0, 0.05) is 97.6 Å². The molecule has 0 saturated carbocycles. The molecule has 30 aromatic rings. The van der Waals surface area contributed by atoms with E-state index in [1.165, 1.54) is 0 Å². The van der Waals surface area contributed by atoms with Crippen LogP contribution in [0, 0.1) is 45.3 Å². The van der Waals surface area contributed by atoms with Crippen LogP contribution in [0.1, 0.15) is 22.3 Å². The number of fused-ring (bicyclic) bond motifs is 34. The molecule has 0 aliphatic rings. The molecule has 10 heterocycles. The Labute approximate surface area is 781 Å². The molecular formula is C124H64N10O4. The molecule has 634 valence electrons. The second-order valence-corrected chi connectivity index (χ2v) is 36.0. The molecule has 138 heavy (non-hydrogen) atoms. The molecule has 0 spiro atoms. The van der Waals surface area contributed by atoms with Crippen molar-refractivity contribution in [3.8, 4) is 91.8 Å². The summed E-state index contributed by atoms with van der Waals surface area (Å²) in [6.45, 7) is 0. The smallest absolute Gasteiger partial charge is 0.145 e. The SMILES string of the molecule is N#Cc1ccc(C#N)c(-n2c3ccc(-c4ccc(-c5ccc6c(c5)c5ccccc5n6-c5ccc6c(c5)c5c7oc8ccccc8c7ccc5n6-c5c(C#N)ccc(C#N)c5-n5c6ccc(-n7c8ccccc8c8ccccc87)cc6c6c7oc8ccccc8c7ccc65)cc4)cc3c3c4oc5ccccc5c4ccc32)c1-n1c2ccc(-c3ccccc3)cc2c2c3oc4ccccc4c3ccc21.